The van der Waals surface area contributed by atoms with E-state index in [0.29, 0.717) is 26.4 Å². The van der Waals surface area contributed by atoms with Crippen LogP contribution in [0.25, 0.3) is 39.1 Å². The average Bonchev–Trinajstić information content (AvgIpc) is 2.98. The summed E-state index contributed by atoms with van der Waals surface area (Å²) in [4.78, 5) is 0. The van der Waals surface area contributed by atoms with Crippen LogP contribution in [-0.4, -0.2) is 20.4 Å². The molecule has 0 heterocycles. The Labute approximate surface area is 231 Å². The number of alkyl halides is 1. The second kappa shape index (κ2) is 10.4. The van der Waals surface area contributed by atoms with Gasteiger partial charge in [-0.25, -0.2) is 39.5 Å². The van der Waals surface area contributed by atoms with Crippen LogP contribution in [0.2, 0.25) is 0 Å². The fourth-order valence-corrected chi connectivity index (χ4v) is 5.09. The maximum Gasteiger partial charge on any atom is 0.204 e. The van der Waals surface area contributed by atoms with E-state index in [1.165, 1.54) is 0 Å². The highest BCUT2D eigenvalue weighted by Crippen LogP contribution is 2.51. The molecule has 43 heavy (non-hydrogen) atoms. The zero-order valence-corrected chi connectivity index (χ0v) is 21.2. The smallest absolute Gasteiger partial charge is 0.204 e. The Balaban J connectivity index is 2.17. The summed E-state index contributed by atoms with van der Waals surface area (Å²) in [7, 11) is 1.22. The van der Waals surface area contributed by atoms with Crippen molar-refractivity contribution in [1.29, 1.82) is 0 Å². The first kappa shape index (κ1) is 30.0. The largest absolute Gasteiger partial charge is 0.491 e. The van der Waals surface area contributed by atoms with Crippen molar-refractivity contribution in [1.82, 2.24) is 0 Å². The summed E-state index contributed by atoms with van der Waals surface area (Å²) in [5, 5.41) is -3.57. The third-order valence-electron chi connectivity index (χ3n) is 6.89. The molecule has 2 nitrogen and oxygen atoms in total. The van der Waals surface area contributed by atoms with E-state index in [1.54, 1.807) is 0 Å². The van der Waals surface area contributed by atoms with Gasteiger partial charge in [-0.2, -0.15) is 17.6 Å². The quantitative estimate of drug-likeness (QED) is 0.128. The number of ether oxygens (including phenoxy) is 2. The Kier molecular flexibility index (Phi) is 7.25. The predicted molar refractivity (Wildman–Crippen MR) is 125 cm³/mol. The normalized spacial score (nSPS) is 14.4. The van der Waals surface area contributed by atoms with Crippen LogP contribution in [0.15, 0.2) is 6.08 Å². The van der Waals surface area contributed by atoms with Gasteiger partial charge in [0.05, 0.1) is 25.3 Å². The van der Waals surface area contributed by atoms with Gasteiger partial charge in [0.1, 0.15) is 6.17 Å². The first-order valence-electron chi connectivity index (χ1n) is 11.7. The highest BCUT2D eigenvalue weighted by molar-refractivity contribution is 6.11. The van der Waals surface area contributed by atoms with E-state index < -0.39 is 138 Å². The number of rotatable bonds is 4. The fourth-order valence-electron chi connectivity index (χ4n) is 5.09. The molecule has 5 rings (SSSR count). The second-order valence-electron chi connectivity index (χ2n) is 9.06. The number of halogens is 13. The lowest BCUT2D eigenvalue weighted by molar-refractivity contribution is 0.333. The minimum absolute atomic E-state index is 0.547. The lowest BCUT2D eigenvalue weighted by Gasteiger charge is -2.26. The van der Waals surface area contributed by atoms with Crippen LogP contribution >= 0.6 is 0 Å². The van der Waals surface area contributed by atoms with Gasteiger partial charge in [0.25, 0.3) is 0 Å². The number of fused-ring (bicyclic) bond motifs is 2. The number of benzene rings is 4. The maximum absolute atomic E-state index is 15.5. The van der Waals surface area contributed by atoms with E-state index in [1.807, 2.05) is 0 Å². The summed E-state index contributed by atoms with van der Waals surface area (Å²) in [6, 6.07) is 0. The van der Waals surface area contributed by atoms with Crippen molar-refractivity contribution in [3.63, 3.8) is 0 Å². The van der Waals surface area contributed by atoms with Crippen molar-refractivity contribution >= 4 is 16.8 Å². The van der Waals surface area contributed by atoms with E-state index in [-0.39, 0.29) is 0 Å². The molecule has 0 saturated carbocycles. The van der Waals surface area contributed by atoms with Crippen molar-refractivity contribution in [2.75, 3.05) is 14.2 Å². The summed E-state index contributed by atoms with van der Waals surface area (Å²) in [6.45, 7) is 0. The molecule has 0 N–H and O–H groups in total. The summed E-state index contributed by atoms with van der Waals surface area (Å²) in [5.41, 5.74) is -8.66. The summed E-state index contributed by atoms with van der Waals surface area (Å²) in [5.74, 6) is -32.0. The van der Waals surface area contributed by atoms with Crippen LogP contribution in [0.4, 0.5) is 57.1 Å². The van der Waals surface area contributed by atoms with Gasteiger partial charge in [-0.1, -0.05) is 6.08 Å². The topological polar surface area (TPSA) is 18.5 Å². The van der Waals surface area contributed by atoms with Gasteiger partial charge in [0.15, 0.2) is 58.0 Å². The summed E-state index contributed by atoms with van der Waals surface area (Å²) in [6.07, 6.45) is -2.20. The van der Waals surface area contributed by atoms with Crippen LogP contribution in [0.3, 0.4) is 0 Å². The van der Waals surface area contributed by atoms with Crippen molar-refractivity contribution in [2.24, 2.45) is 0 Å². The minimum atomic E-state index is -2.68. The lowest BCUT2D eigenvalue weighted by atomic mass is 9.79. The molecule has 0 aliphatic heterocycles. The van der Waals surface area contributed by atoms with E-state index >= 15 is 26.3 Å². The molecule has 0 spiro atoms. The Morgan fingerprint density at radius 2 is 0.860 bits per heavy atom. The first-order chi connectivity index (χ1) is 20.2. The molecule has 0 aromatic heterocycles. The third kappa shape index (κ3) is 4.03. The Morgan fingerprint density at radius 3 is 1.26 bits per heavy atom. The van der Waals surface area contributed by atoms with Crippen molar-refractivity contribution in [3.05, 3.63) is 87.0 Å². The predicted octanol–water partition coefficient (Wildman–Crippen LogP) is 8.77. The van der Waals surface area contributed by atoms with Gasteiger partial charge in [0.2, 0.25) is 23.3 Å². The van der Waals surface area contributed by atoms with E-state index in [0.717, 1.165) is 0 Å². The molecule has 0 radical (unpaired) electrons. The molecule has 0 fully saturated rings. The molecule has 1 atom stereocenters. The zero-order chi connectivity index (χ0) is 31.8. The number of hydrogen-bond donors (Lipinski definition) is 0. The van der Waals surface area contributed by atoms with Gasteiger partial charge in [-0.3, -0.25) is 0 Å². The highest BCUT2D eigenvalue weighted by Gasteiger charge is 2.38. The molecule has 1 aliphatic rings. The van der Waals surface area contributed by atoms with Crippen molar-refractivity contribution in [3.8, 4) is 33.8 Å². The van der Waals surface area contributed by atoms with Gasteiger partial charge in [-0.15, -0.1) is 0 Å². The van der Waals surface area contributed by atoms with Crippen LogP contribution in [0.5, 0.6) is 11.5 Å². The third-order valence-corrected chi connectivity index (χ3v) is 6.89. The molecule has 1 unspecified atom stereocenters. The number of hydrogen-bond acceptors (Lipinski definition) is 2. The Hall–Kier alpha value is -4.43. The second-order valence-corrected chi connectivity index (χ2v) is 9.06. The molecule has 15 heteroatoms. The van der Waals surface area contributed by atoms with E-state index in [2.05, 4.69) is 9.47 Å². The number of methoxy groups -OCH3 is 2. The van der Waals surface area contributed by atoms with Crippen molar-refractivity contribution in [2.45, 2.75) is 12.6 Å². The van der Waals surface area contributed by atoms with Crippen LogP contribution in [0.1, 0.15) is 11.1 Å². The summed E-state index contributed by atoms with van der Waals surface area (Å²) < 4.78 is 204. The highest BCUT2D eigenvalue weighted by atomic mass is 19.2. The molecule has 0 amide bonds. The van der Waals surface area contributed by atoms with Gasteiger partial charge >= 0.3 is 0 Å². The van der Waals surface area contributed by atoms with Crippen molar-refractivity contribution < 1.29 is 66.5 Å². The standard InChI is InChI=1S/C28H11F13O2/c1-42-27-23(38)17(32)13(18(33)24(27)39)9-7-4-3-6(29)5-8(7)10(12-11(9)15(30)21(36)22(37)16(12)31)14-19(34)25(40)28(43-2)26(41)20(14)35/h3-4,6H,5H2,1-2H3. The average molecular weight is 626 g/mol. The van der Waals surface area contributed by atoms with E-state index in [4.69, 9.17) is 0 Å². The molecular formula is C28H11F13O2. The minimum Gasteiger partial charge on any atom is -0.491 e. The van der Waals surface area contributed by atoms with Crippen LogP contribution < -0.4 is 9.47 Å². The summed E-state index contributed by atoms with van der Waals surface area (Å²) >= 11 is 0. The van der Waals surface area contributed by atoms with E-state index in [9.17, 15) is 30.7 Å². The molecular weight excluding hydrogens is 615 g/mol. The monoisotopic (exact) mass is 626 g/mol. The molecule has 4 aromatic rings. The van der Waals surface area contributed by atoms with Crippen LogP contribution in [-0.2, 0) is 6.42 Å². The SMILES string of the molecule is COc1c(F)c(F)c(-c2c3c(c(-c4c(F)c(F)c(OC)c(F)c4F)c4c(F)c(F)c(F)c(F)c24)CC(F)C=C3)c(F)c1F. The Morgan fingerprint density at radius 1 is 0.488 bits per heavy atom. The maximum atomic E-state index is 15.5. The lowest BCUT2D eigenvalue weighted by Crippen LogP contribution is -2.15. The molecule has 0 saturated heterocycles. The molecule has 0 bridgehead atoms. The number of allylic oxidation sites excluding steroid dienone is 1. The van der Waals surface area contributed by atoms with Gasteiger partial charge in [-0.05, 0) is 17.2 Å². The fraction of sp³-hybridized carbons (Fsp3) is 0.143. The van der Waals surface area contributed by atoms with Crippen LogP contribution in [0, 0.1) is 69.8 Å². The van der Waals surface area contributed by atoms with Gasteiger partial charge in [0, 0.05) is 28.3 Å². The van der Waals surface area contributed by atoms with Gasteiger partial charge < -0.3 is 9.47 Å². The Bertz CT molecular complexity index is 1860. The molecule has 4 aromatic carbocycles. The zero-order valence-electron chi connectivity index (χ0n) is 21.2. The molecule has 1 aliphatic carbocycles. The molecule has 226 valence electrons. The first-order valence-corrected chi connectivity index (χ1v) is 11.7.